The second-order valence-corrected chi connectivity index (χ2v) is 6.92. The van der Waals surface area contributed by atoms with E-state index in [0.29, 0.717) is 0 Å². The van der Waals surface area contributed by atoms with Crippen LogP contribution in [0.2, 0.25) is 0 Å². The molecule has 4 heterocycles. The van der Waals surface area contributed by atoms with Gasteiger partial charge in [0.1, 0.15) is 11.6 Å². The summed E-state index contributed by atoms with van der Waals surface area (Å²) in [5, 5.41) is 0. The third-order valence-electron chi connectivity index (χ3n) is 4.86. The van der Waals surface area contributed by atoms with Gasteiger partial charge in [-0.2, -0.15) is 0 Å². The monoisotopic (exact) mass is 401 g/mol. The lowest BCUT2D eigenvalue weighted by Crippen LogP contribution is -2.13. The number of benzene rings is 1. The number of anilines is 3. The van der Waals surface area contributed by atoms with Crippen LogP contribution in [0.25, 0.3) is 22.5 Å². The molecule has 0 N–H and O–H groups in total. The Kier molecular flexibility index (Phi) is 5.14. The van der Waals surface area contributed by atoms with E-state index in [1.54, 1.807) is 12.4 Å². The van der Waals surface area contributed by atoms with Crippen molar-refractivity contribution < 1.29 is 0 Å². The van der Waals surface area contributed by atoms with Gasteiger partial charge in [-0.05, 0) is 60.7 Å². The van der Waals surface area contributed by atoms with Gasteiger partial charge in [-0.1, -0.05) is 30.3 Å². The van der Waals surface area contributed by atoms with Crippen LogP contribution >= 0.6 is 0 Å². The highest BCUT2D eigenvalue weighted by molar-refractivity contribution is 5.75. The standard InChI is InChI=1S/C26H19N5/c1-2-10-22(11-3-1)31(25-14-4-12-23(29-25)20-8-6-16-27-18-20)26-15-5-13-24(30-26)21-9-7-17-28-19-21/h1-19H. The fraction of sp³-hybridized carbons (Fsp3) is 0. The molecule has 0 aliphatic rings. The van der Waals surface area contributed by atoms with Crippen molar-refractivity contribution in [2.24, 2.45) is 0 Å². The quantitative estimate of drug-likeness (QED) is 0.358. The van der Waals surface area contributed by atoms with Gasteiger partial charge in [0.25, 0.3) is 0 Å². The molecule has 0 aliphatic carbocycles. The van der Waals surface area contributed by atoms with Crippen LogP contribution in [0.4, 0.5) is 17.3 Å². The fourth-order valence-electron chi connectivity index (χ4n) is 3.40. The molecule has 0 bridgehead atoms. The molecule has 4 aromatic heterocycles. The Morgan fingerprint density at radius 1 is 0.484 bits per heavy atom. The average Bonchev–Trinajstić information content (AvgIpc) is 2.86. The largest absolute Gasteiger partial charge is 0.279 e. The summed E-state index contributed by atoms with van der Waals surface area (Å²) in [6, 6.07) is 29.9. The Morgan fingerprint density at radius 3 is 1.52 bits per heavy atom. The number of nitrogens with zero attached hydrogens (tertiary/aromatic N) is 5. The molecule has 148 valence electrons. The van der Waals surface area contributed by atoms with Gasteiger partial charge in [0.2, 0.25) is 0 Å². The lowest BCUT2D eigenvalue weighted by Gasteiger charge is -2.24. The van der Waals surface area contributed by atoms with Crippen LogP contribution in [-0.4, -0.2) is 19.9 Å². The van der Waals surface area contributed by atoms with Gasteiger partial charge in [0.15, 0.2) is 0 Å². The van der Waals surface area contributed by atoms with E-state index in [1.807, 2.05) is 91.3 Å². The highest BCUT2D eigenvalue weighted by Crippen LogP contribution is 2.34. The molecule has 5 rings (SSSR count). The summed E-state index contributed by atoms with van der Waals surface area (Å²) in [5.74, 6) is 1.56. The number of rotatable bonds is 5. The number of hydrogen-bond acceptors (Lipinski definition) is 5. The van der Waals surface area contributed by atoms with Gasteiger partial charge in [-0.3, -0.25) is 14.9 Å². The van der Waals surface area contributed by atoms with Crippen LogP contribution in [0, 0.1) is 0 Å². The molecule has 0 radical (unpaired) electrons. The predicted molar refractivity (Wildman–Crippen MR) is 123 cm³/mol. The van der Waals surface area contributed by atoms with Gasteiger partial charge in [-0.15, -0.1) is 0 Å². The second kappa shape index (κ2) is 8.55. The van der Waals surface area contributed by atoms with Crippen molar-refractivity contribution in [1.82, 2.24) is 19.9 Å². The highest BCUT2D eigenvalue weighted by Gasteiger charge is 2.16. The lowest BCUT2D eigenvalue weighted by molar-refractivity contribution is 1.13. The van der Waals surface area contributed by atoms with E-state index in [1.165, 1.54) is 0 Å². The van der Waals surface area contributed by atoms with E-state index < -0.39 is 0 Å². The molecule has 5 aromatic rings. The molecule has 5 heteroatoms. The molecule has 0 spiro atoms. The van der Waals surface area contributed by atoms with Crippen LogP contribution in [0.3, 0.4) is 0 Å². The topological polar surface area (TPSA) is 54.8 Å². The Labute approximate surface area is 180 Å². The summed E-state index contributed by atoms with van der Waals surface area (Å²) < 4.78 is 0. The highest BCUT2D eigenvalue weighted by atomic mass is 15.2. The lowest BCUT2D eigenvalue weighted by atomic mass is 10.2. The maximum absolute atomic E-state index is 4.93. The van der Waals surface area contributed by atoms with Crippen molar-refractivity contribution in [2.45, 2.75) is 0 Å². The normalized spacial score (nSPS) is 10.6. The number of aromatic nitrogens is 4. The zero-order valence-corrected chi connectivity index (χ0v) is 16.7. The third-order valence-corrected chi connectivity index (χ3v) is 4.86. The molecule has 0 atom stereocenters. The first-order valence-corrected chi connectivity index (χ1v) is 9.98. The third kappa shape index (κ3) is 4.02. The minimum Gasteiger partial charge on any atom is -0.279 e. The molecule has 0 aliphatic heterocycles. The predicted octanol–water partition coefficient (Wildman–Crippen LogP) is 6.07. The second-order valence-electron chi connectivity index (χ2n) is 6.92. The molecule has 5 nitrogen and oxygen atoms in total. The molecule has 1 aromatic carbocycles. The summed E-state index contributed by atoms with van der Waals surface area (Å²) >= 11 is 0. The number of pyridine rings is 4. The molecule has 0 fully saturated rings. The van der Waals surface area contributed by atoms with Gasteiger partial charge in [0.05, 0.1) is 11.4 Å². The Bertz CT molecular complexity index is 1190. The van der Waals surface area contributed by atoms with Crippen LogP contribution in [0.15, 0.2) is 116 Å². The number of hydrogen-bond donors (Lipinski definition) is 0. The van der Waals surface area contributed by atoms with Crippen molar-refractivity contribution in [3.8, 4) is 22.5 Å². The van der Waals surface area contributed by atoms with Crippen molar-refractivity contribution >= 4 is 17.3 Å². The Balaban J connectivity index is 1.63. The summed E-state index contributed by atoms with van der Waals surface area (Å²) in [4.78, 5) is 20.4. The first-order chi connectivity index (χ1) is 15.4. The van der Waals surface area contributed by atoms with Crippen LogP contribution < -0.4 is 4.90 Å². The maximum Gasteiger partial charge on any atom is 0.139 e. The smallest absolute Gasteiger partial charge is 0.139 e. The van der Waals surface area contributed by atoms with Crippen molar-refractivity contribution in [3.63, 3.8) is 0 Å². The summed E-state index contributed by atoms with van der Waals surface area (Å²) in [5.41, 5.74) is 4.63. The molecular weight excluding hydrogens is 382 g/mol. The summed E-state index contributed by atoms with van der Waals surface area (Å²) in [6.07, 6.45) is 7.16. The van der Waals surface area contributed by atoms with E-state index in [4.69, 9.17) is 9.97 Å². The SMILES string of the molecule is c1ccc(N(c2cccc(-c3cccnc3)n2)c2cccc(-c3cccnc3)n2)cc1. The molecule has 0 saturated heterocycles. The maximum atomic E-state index is 4.93. The van der Waals surface area contributed by atoms with Crippen molar-refractivity contribution in [2.75, 3.05) is 4.90 Å². The summed E-state index contributed by atoms with van der Waals surface area (Å²) in [6.45, 7) is 0. The van der Waals surface area contributed by atoms with E-state index in [-0.39, 0.29) is 0 Å². The molecule has 31 heavy (non-hydrogen) atoms. The van der Waals surface area contributed by atoms with E-state index in [9.17, 15) is 0 Å². The fourth-order valence-corrected chi connectivity index (χ4v) is 3.40. The first kappa shape index (κ1) is 18.6. The van der Waals surface area contributed by atoms with Gasteiger partial charge < -0.3 is 0 Å². The zero-order chi connectivity index (χ0) is 20.9. The van der Waals surface area contributed by atoms with Gasteiger partial charge >= 0.3 is 0 Å². The Morgan fingerprint density at radius 2 is 1.03 bits per heavy atom. The van der Waals surface area contributed by atoms with Crippen LogP contribution in [0.1, 0.15) is 0 Å². The van der Waals surface area contributed by atoms with Crippen molar-refractivity contribution in [3.05, 3.63) is 116 Å². The molecular formula is C26H19N5. The van der Waals surface area contributed by atoms with Crippen LogP contribution in [0.5, 0.6) is 0 Å². The molecule has 0 saturated carbocycles. The van der Waals surface area contributed by atoms with Gasteiger partial charge in [0, 0.05) is 41.6 Å². The van der Waals surface area contributed by atoms with Crippen LogP contribution in [-0.2, 0) is 0 Å². The minimum absolute atomic E-state index is 0.781. The minimum atomic E-state index is 0.781. The zero-order valence-electron chi connectivity index (χ0n) is 16.7. The summed E-state index contributed by atoms with van der Waals surface area (Å²) in [7, 11) is 0. The Hall–Kier alpha value is -4.38. The number of para-hydroxylation sites is 1. The first-order valence-electron chi connectivity index (χ1n) is 9.98. The molecule has 0 amide bonds. The van der Waals surface area contributed by atoms with Gasteiger partial charge in [-0.25, -0.2) is 9.97 Å². The van der Waals surface area contributed by atoms with E-state index in [0.717, 1.165) is 39.8 Å². The average molecular weight is 401 g/mol. The molecule has 0 unspecified atom stereocenters. The van der Waals surface area contributed by atoms with Crippen molar-refractivity contribution in [1.29, 1.82) is 0 Å². The van der Waals surface area contributed by atoms with E-state index >= 15 is 0 Å². The van der Waals surface area contributed by atoms with E-state index in [2.05, 4.69) is 27.0 Å².